The maximum Gasteiger partial charge on any atom is 0.254 e. The predicted molar refractivity (Wildman–Crippen MR) is 100 cm³/mol. The van der Waals surface area contributed by atoms with Crippen LogP contribution >= 0.6 is 0 Å². The van der Waals surface area contributed by atoms with Crippen molar-refractivity contribution in [3.8, 4) is 5.75 Å². The Hall–Kier alpha value is -3.02. The maximum atomic E-state index is 13.2. The van der Waals surface area contributed by atoms with Crippen molar-refractivity contribution >= 4 is 16.9 Å². The van der Waals surface area contributed by atoms with E-state index in [0.717, 1.165) is 42.5 Å². The second kappa shape index (κ2) is 6.61. The summed E-state index contributed by atoms with van der Waals surface area (Å²) in [5.74, 6) is 0.944. The van der Waals surface area contributed by atoms with Crippen molar-refractivity contribution < 1.29 is 9.53 Å². The van der Waals surface area contributed by atoms with Gasteiger partial charge in [0.25, 0.3) is 5.91 Å². The highest BCUT2D eigenvalue weighted by atomic mass is 16.5. The van der Waals surface area contributed by atoms with Gasteiger partial charge in [0.2, 0.25) is 0 Å². The molecule has 1 amide bonds. The Balaban J connectivity index is 1.34. The van der Waals surface area contributed by atoms with Crippen LogP contribution in [0.3, 0.4) is 0 Å². The molecule has 27 heavy (non-hydrogen) atoms. The van der Waals surface area contributed by atoms with E-state index in [-0.39, 0.29) is 24.1 Å². The number of piperidine rings is 1. The molecule has 4 heterocycles. The number of rotatable bonds is 3. The van der Waals surface area contributed by atoms with E-state index in [4.69, 9.17) is 4.74 Å². The third kappa shape index (κ3) is 3.01. The highest BCUT2D eigenvalue weighted by Gasteiger charge is 2.44. The van der Waals surface area contributed by atoms with Gasteiger partial charge in [-0.3, -0.25) is 19.7 Å². The lowest BCUT2D eigenvalue weighted by atomic mass is 9.98. The van der Waals surface area contributed by atoms with Crippen LogP contribution in [0.4, 0.5) is 0 Å². The molecule has 2 saturated heterocycles. The van der Waals surface area contributed by atoms with Crippen molar-refractivity contribution in [3.05, 3.63) is 60.7 Å². The molecule has 2 atom stereocenters. The number of amides is 1. The molecule has 3 aromatic rings. The average molecular weight is 360 g/mol. The molecule has 0 N–H and O–H groups in total. The van der Waals surface area contributed by atoms with Crippen LogP contribution in [-0.2, 0) is 0 Å². The van der Waals surface area contributed by atoms with Gasteiger partial charge in [-0.05, 0) is 43.2 Å². The number of fused-ring (bicyclic) bond motifs is 3. The molecule has 2 aliphatic heterocycles. The molecule has 5 rings (SSSR count). The lowest BCUT2D eigenvalue weighted by molar-refractivity contribution is 0.0359. The minimum atomic E-state index is 0.0948. The molecule has 2 aliphatic rings. The van der Waals surface area contributed by atoms with Gasteiger partial charge in [-0.15, -0.1) is 0 Å². The standard InChI is InChI=1S/C21H20N4O2/c26-21(14-1-4-19-20(11-14)24-10-9-23-19)25-15-2-3-16(25)13-18(12-15)27-17-5-7-22-8-6-17/h1,4-11,15-16,18H,2-3,12-13H2. The number of benzene rings is 1. The van der Waals surface area contributed by atoms with E-state index < -0.39 is 0 Å². The number of pyridine rings is 1. The Morgan fingerprint density at radius 1 is 0.926 bits per heavy atom. The van der Waals surface area contributed by atoms with Crippen LogP contribution in [0, 0.1) is 0 Å². The Morgan fingerprint density at radius 2 is 1.63 bits per heavy atom. The van der Waals surface area contributed by atoms with Crippen molar-refractivity contribution in [2.75, 3.05) is 0 Å². The fourth-order valence-electron chi connectivity index (χ4n) is 4.41. The molecule has 6 heteroatoms. The second-order valence-electron chi connectivity index (χ2n) is 7.25. The first-order valence-corrected chi connectivity index (χ1v) is 9.38. The van der Waals surface area contributed by atoms with E-state index in [2.05, 4.69) is 19.9 Å². The van der Waals surface area contributed by atoms with Gasteiger partial charge >= 0.3 is 0 Å². The lowest BCUT2D eigenvalue weighted by Gasteiger charge is -2.39. The van der Waals surface area contributed by atoms with Crippen molar-refractivity contribution in [1.29, 1.82) is 0 Å². The van der Waals surface area contributed by atoms with E-state index in [1.807, 2.05) is 30.3 Å². The number of nitrogens with zero attached hydrogens (tertiary/aromatic N) is 4. The van der Waals surface area contributed by atoms with Crippen LogP contribution in [-0.4, -0.2) is 43.9 Å². The van der Waals surface area contributed by atoms with Gasteiger partial charge in [0.15, 0.2) is 0 Å². The van der Waals surface area contributed by atoms with Crippen molar-refractivity contribution in [2.24, 2.45) is 0 Å². The number of carbonyl (C=O) groups excluding carboxylic acids is 1. The minimum Gasteiger partial charge on any atom is -0.490 e. The first-order chi connectivity index (χ1) is 13.3. The first-order valence-electron chi connectivity index (χ1n) is 9.38. The van der Waals surface area contributed by atoms with Crippen molar-refractivity contribution in [1.82, 2.24) is 19.9 Å². The molecule has 0 radical (unpaired) electrons. The topological polar surface area (TPSA) is 68.2 Å². The van der Waals surface area contributed by atoms with Gasteiger partial charge in [0.1, 0.15) is 11.9 Å². The van der Waals surface area contributed by atoms with E-state index in [0.29, 0.717) is 5.56 Å². The van der Waals surface area contributed by atoms with Gasteiger partial charge < -0.3 is 9.64 Å². The molecule has 2 aromatic heterocycles. The number of hydrogen-bond acceptors (Lipinski definition) is 5. The summed E-state index contributed by atoms with van der Waals surface area (Å²) < 4.78 is 6.13. The average Bonchev–Trinajstić information content (AvgIpc) is 2.98. The summed E-state index contributed by atoms with van der Waals surface area (Å²) in [5, 5.41) is 0. The molecule has 2 unspecified atom stereocenters. The molecule has 6 nitrogen and oxygen atoms in total. The van der Waals surface area contributed by atoms with Gasteiger partial charge in [0, 0.05) is 55.3 Å². The first kappa shape index (κ1) is 16.2. The van der Waals surface area contributed by atoms with Gasteiger partial charge in [-0.1, -0.05) is 0 Å². The number of carbonyl (C=O) groups is 1. The highest BCUT2D eigenvalue weighted by Crippen LogP contribution is 2.38. The highest BCUT2D eigenvalue weighted by molar-refractivity contribution is 5.97. The molecular weight excluding hydrogens is 340 g/mol. The SMILES string of the molecule is O=C(c1ccc2nccnc2c1)N1C2CCC1CC(Oc1ccncc1)C2. The number of hydrogen-bond donors (Lipinski definition) is 0. The third-order valence-corrected chi connectivity index (χ3v) is 5.59. The van der Waals surface area contributed by atoms with E-state index in [9.17, 15) is 4.79 Å². The summed E-state index contributed by atoms with van der Waals surface area (Å²) in [4.78, 5) is 27.9. The number of aromatic nitrogens is 3. The lowest BCUT2D eigenvalue weighted by Crippen LogP contribution is -2.49. The smallest absolute Gasteiger partial charge is 0.254 e. The van der Waals surface area contributed by atoms with Crippen LogP contribution in [0.2, 0.25) is 0 Å². The van der Waals surface area contributed by atoms with Crippen molar-refractivity contribution in [2.45, 2.75) is 43.9 Å². The summed E-state index contributed by atoms with van der Waals surface area (Å²) >= 11 is 0. The van der Waals surface area contributed by atoms with Crippen LogP contribution < -0.4 is 4.74 Å². The quantitative estimate of drug-likeness (QED) is 0.717. The van der Waals surface area contributed by atoms with Crippen LogP contribution in [0.5, 0.6) is 5.75 Å². The molecule has 0 spiro atoms. The van der Waals surface area contributed by atoms with E-state index in [1.54, 1.807) is 24.8 Å². The predicted octanol–water partition coefficient (Wildman–Crippen LogP) is 3.24. The minimum absolute atomic E-state index is 0.0948. The zero-order valence-electron chi connectivity index (χ0n) is 14.9. The summed E-state index contributed by atoms with van der Waals surface area (Å²) in [7, 11) is 0. The van der Waals surface area contributed by atoms with E-state index >= 15 is 0 Å². The Bertz CT molecular complexity index is 964. The molecule has 2 fully saturated rings. The second-order valence-corrected chi connectivity index (χ2v) is 7.25. The molecular formula is C21H20N4O2. The Morgan fingerprint density at radius 3 is 2.37 bits per heavy atom. The molecule has 136 valence electrons. The molecule has 1 aromatic carbocycles. The van der Waals surface area contributed by atoms with Gasteiger partial charge in [-0.2, -0.15) is 0 Å². The van der Waals surface area contributed by atoms with Crippen molar-refractivity contribution in [3.63, 3.8) is 0 Å². The zero-order chi connectivity index (χ0) is 18.2. The Labute approximate surface area is 157 Å². The maximum absolute atomic E-state index is 13.2. The largest absolute Gasteiger partial charge is 0.490 e. The monoisotopic (exact) mass is 360 g/mol. The molecule has 0 aliphatic carbocycles. The summed E-state index contributed by atoms with van der Waals surface area (Å²) in [6, 6.07) is 9.82. The fraction of sp³-hybridized carbons (Fsp3) is 0.333. The normalized spacial score (nSPS) is 24.1. The van der Waals surface area contributed by atoms with E-state index in [1.165, 1.54) is 0 Å². The fourth-order valence-corrected chi connectivity index (χ4v) is 4.41. The van der Waals surface area contributed by atoms with Crippen LogP contribution in [0.1, 0.15) is 36.0 Å². The Kier molecular flexibility index (Phi) is 3.96. The third-order valence-electron chi connectivity index (χ3n) is 5.59. The van der Waals surface area contributed by atoms with Gasteiger partial charge in [0.05, 0.1) is 11.0 Å². The summed E-state index contributed by atoms with van der Waals surface area (Å²) in [6.45, 7) is 0. The zero-order valence-corrected chi connectivity index (χ0v) is 14.9. The van der Waals surface area contributed by atoms with Crippen LogP contribution in [0.15, 0.2) is 55.1 Å². The summed E-state index contributed by atoms with van der Waals surface area (Å²) in [5.41, 5.74) is 2.25. The summed E-state index contributed by atoms with van der Waals surface area (Å²) in [6.07, 6.45) is 10.8. The number of ether oxygens (including phenoxy) is 1. The molecule has 0 saturated carbocycles. The van der Waals surface area contributed by atoms with Crippen LogP contribution in [0.25, 0.3) is 11.0 Å². The molecule has 2 bridgehead atoms. The van der Waals surface area contributed by atoms with Gasteiger partial charge in [-0.25, -0.2) is 0 Å².